The Hall–Kier alpha value is -8.03. The van der Waals surface area contributed by atoms with Crippen LogP contribution < -0.4 is 14.4 Å². The SMILES string of the molecule is c1ccc(-c2nc(-c3ccccc3)nc(-c3cccc(-n4c5ccccc5c5cc(-c6ccc7c(c6)Oc6cccc8c6N7c6ccccc6O8)ccc54)c3)n2)cc1. The molecule has 0 atom stereocenters. The van der Waals surface area contributed by atoms with Crippen LogP contribution in [0.15, 0.2) is 188 Å². The molecule has 8 aromatic carbocycles. The van der Waals surface area contributed by atoms with E-state index in [1.165, 1.54) is 5.39 Å². The Balaban J connectivity index is 0.964. The van der Waals surface area contributed by atoms with E-state index in [9.17, 15) is 0 Å². The Bertz CT molecular complexity index is 3190. The Labute approximate surface area is 333 Å². The predicted octanol–water partition coefficient (Wildman–Crippen LogP) is 13.3. The molecule has 58 heavy (non-hydrogen) atoms. The number of para-hydroxylation sites is 4. The van der Waals surface area contributed by atoms with Crippen molar-refractivity contribution in [3.05, 3.63) is 188 Å². The van der Waals surface area contributed by atoms with Gasteiger partial charge in [0.2, 0.25) is 0 Å². The highest BCUT2D eigenvalue weighted by molar-refractivity contribution is 6.10. The van der Waals surface area contributed by atoms with Gasteiger partial charge in [-0.15, -0.1) is 0 Å². The summed E-state index contributed by atoms with van der Waals surface area (Å²) in [6, 6.07) is 64.5. The van der Waals surface area contributed by atoms with E-state index in [4.69, 9.17) is 24.4 Å². The Morgan fingerprint density at radius 3 is 1.67 bits per heavy atom. The molecule has 0 N–H and O–H groups in total. The number of benzene rings is 8. The standard InChI is InChI=1S/C51H31N5O2/c1-3-13-32(14-4-1)49-52-50(33-15-5-2-6-16-33)54-51(53-49)36-17-11-18-37(29-36)55-40-20-8-7-19-38(40)39-30-34(25-27-41(39)55)35-26-28-43-47(31-35)58-46-24-12-23-45-48(46)56(43)42-21-9-10-22-44(42)57-45/h1-31H. The molecule has 7 nitrogen and oxygen atoms in total. The molecule has 0 aliphatic carbocycles. The first-order valence-corrected chi connectivity index (χ1v) is 19.3. The fourth-order valence-corrected chi connectivity index (χ4v) is 8.34. The summed E-state index contributed by atoms with van der Waals surface area (Å²) in [5.74, 6) is 5.04. The van der Waals surface area contributed by atoms with Crippen LogP contribution in [0.4, 0.5) is 17.1 Å². The number of rotatable bonds is 5. The minimum atomic E-state index is 0.617. The van der Waals surface area contributed by atoms with E-state index < -0.39 is 0 Å². The van der Waals surface area contributed by atoms with Crippen LogP contribution in [0.25, 0.3) is 72.8 Å². The van der Waals surface area contributed by atoms with Crippen molar-refractivity contribution in [1.82, 2.24) is 19.5 Å². The highest BCUT2D eigenvalue weighted by atomic mass is 16.5. The molecule has 0 spiro atoms. The summed E-state index contributed by atoms with van der Waals surface area (Å²) in [5, 5.41) is 2.33. The van der Waals surface area contributed by atoms with E-state index in [1.54, 1.807) is 0 Å². The van der Waals surface area contributed by atoms with Crippen molar-refractivity contribution in [1.29, 1.82) is 0 Å². The van der Waals surface area contributed by atoms with Gasteiger partial charge in [0.05, 0.1) is 22.4 Å². The second kappa shape index (κ2) is 12.8. The molecule has 0 radical (unpaired) electrons. The second-order valence-corrected chi connectivity index (χ2v) is 14.5. The number of fused-ring (bicyclic) bond motifs is 7. The van der Waals surface area contributed by atoms with Gasteiger partial charge in [-0.05, 0) is 77.9 Å². The zero-order chi connectivity index (χ0) is 38.2. The summed E-state index contributed by atoms with van der Waals surface area (Å²) < 4.78 is 15.2. The average Bonchev–Trinajstić information content (AvgIpc) is 3.63. The van der Waals surface area contributed by atoms with Gasteiger partial charge in [-0.25, -0.2) is 15.0 Å². The van der Waals surface area contributed by atoms with Crippen molar-refractivity contribution in [3.8, 4) is 74.0 Å². The van der Waals surface area contributed by atoms with Crippen LogP contribution in [-0.4, -0.2) is 19.5 Å². The lowest BCUT2D eigenvalue weighted by molar-refractivity contribution is 0.446. The molecule has 0 amide bonds. The summed E-state index contributed by atoms with van der Waals surface area (Å²) in [4.78, 5) is 17.2. The normalized spacial score (nSPS) is 12.4. The van der Waals surface area contributed by atoms with E-state index in [-0.39, 0.29) is 0 Å². The Morgan fingerprint density at radius 2 is 0.897 bits per heavy atom. The Kier molecular flexibility index (Phi) is 7.09. The summed E-state index contributed by atoms with van der Waals surface area (Å²) >= 11 is 0. The molecule has 2 aliphatic rings. The molecular weight excluding hydrogens is 715 g/mol. The lowest BCUT2D eigenvalue weighted by atomic mass is 10.0. The molecule has 12 rings (SSSR count). The van der Waals surface area contributed by atoms with Crippen molar-refractivity contribution in [2.24, 2.45) is 0 Å². The minimum Gasteiger partial charge on any atom is -0.453 e. The molecule has 0 fully saturated rings. The monoisotopic (exact) mass is 745 g/mol. The van der Waals surface area contributed by atoms with Crippen molar-refractivity contribution in [2.75, 3.05) is 4.90 Å². The topological polar surface area (TPSA) is 65.3 Å². The van der Waals surface area contributed by atoms with Crippen LogP contribution in [0.1, 0.15) is 0 Å². The van der Waals surface area contributed by atoms with E-state index >= 15 is 0 Å². The molecule has 10 aromatic rings. The van der Waals surface area contributed by atoms with Gasteiger partial charge in [-0.2, -0.15) is 0 Å². The molecule has 0 saturated carbocycles. The number of aromatic nitrogens is 4. The maximum absolute atomic E-state index is 6.59. The van der Waals surface area contributed by atoms with Gasteiger partial charge in [0, 0.05) is 33.2 Å². The summed E-state index contributed by atoms with van der Waals surface area (Å²) in [6.45, 7) is 0. The molecule has 0 unspecified atom stereocenters. The maximum Gasteiger partial charge on any atom is 0.164 e. The quantitative estimate of drug-likeness (QED) is 0.175. The molecule has 2 aliphatic heterocycles. The lowest BCUT2D eigenvalue weighted by Gasteiger charge is -2.37. The van der Waals surface area contributed by atoms with Crippen molar-refractivity contribution >= 4 is 38.9 Å². The van der Waals surface area contributed by atoms with E-state index in [2.05, 4.69) is 100 Å². The second-order valence-electron chi connectivity index (χ2n) is 14.5. The summed E-state index contributed by atoms with van der Waals surface area (Å²) in [5.41, 5.74) is 11.1. The first kappa shape index (κ1) is 32.2. The minimum absolute atomic E-state index is 0.617. The highest BCUT2D eigenvalue weighted by Gasteiger charge is 2.34. The smallest absolute Gasteiger partial charge is 0.164 e. The third-order valence-electron chi connectivity index (χ3n) is 11.0. The van der Waals surface area contributed by atoms with E-state index in [0.29, 0.717) is 17.5 Å². The fourth-order valence-electron chi connectivity index (χ4n) is 8.34. The Morgan fingerprint density at radius 1 is 0.345 bits per heavy atom. The van der Waals surface area contributed by atoms with Crippen molar-refractivity contribution in [3.63, 3.8) is 0 Å². The van der Waals surface area contributed by atoms with E-state index in [1.807, 2.05) is 97.1 Å². The zero-order valence-electron chi connectivity index (χ0n) is 31.0. The maximum atomic E-state index is 6.59. The first-order valence-electron chi connectivity index (χ1n) is 19.3. The molecular formula is C51H31N5O2. The number of nitrogens with zero attached hydrogens (tertiary/aromatic N) is 5. The molecule has 2 aromatic heterocycles. The predicted molar refractivity (Wildman–Crippen MR) is 231 cm³/mol. The summed E-state index contributed by atoms with van der Waals surface area (Å²) in [6.07, 6.45) is 0. The highest BCUT2D eigenvalue weighted by Crippen LogP contribution is 2.59. The van der Waals surface area contributed by atoms with Gasteiger partial charge in [0.15, 0.2) is 40.5 Å². The number of hydrogen-bond donors (Lipinski definition) is 0. The van der Waals surface area contributed by atoms with Crippen LogP contribution >= 0.6 is 0 Å². The average molecular weight is 746 g/mol. The van der Waals surface area contributed by atoms with Gasteiger partial charge < -0.3 is 14.0 Å². The molecule has 272 valence electrons. The third-order valence-corrected chi connectivity index (χ3v) is 11.0. The number of anilines is 3. The molecule has 4 heterocycles. The van der Waals surface area contributed by atoms with Gasteiger partial charge >= 0.3 is 0 Å². The van der Waals surface area contributed by atoms with Crippen LogP contribution in [0, 0.1) is 0 Å². The van der Waals surface area contributed by atoms with Crippen LogP contribution in [0.5, 0.6) is 23.0 Å². The van der Waals surface area contributed by atoms with Gasteiger partial charge in [0.1, 0.15) is 5.69 Å². The first-order chi connectivity index (χ1) is 28.7. The molecule has 0 saturated heterocycles. The van der Waals surface area contributed by atoms with E-state index in [0.717, 1.165) is 90.0 Å². The van der Waals surface area contributed by atoms with Crippen LogP contribution in [0.3, 0.4) is 0 Å². The van der Waals surface area contributed by atoms with Gasteiger partial charge in [0.25, 0.3) is 0 Å². The fraction of sp³-hybridized carbons (Fsp3) is 0. The number of hydrogen-bond acceptors (Lipinski definition) is 6. The third kappa shape index (κ3) is 5.11. The van der Waals surface area contributed by atoms with Crippen molar-refractivity contribution < 1.29 is 9.47 Å². The lowest BCUT2D eigenvalue weighted by Crippen LogP contribution is -2.20. The zero-order valence-corrected chi connectivity index (χ0v) is 31.0. The summed E-state index contributed by atoms with van der Waals surface area (Å²) in [7, 11) is 0. The number of ether oxygens (including phenoxy) is 2. The molecule has 7 heteroatoms. The molecule has 0 bridgehead atoms. The van der Waals surface area contributed by atoms with Gasteiger partial charge in [-0.3, -0.25) is 4.90 Å². The van der Waals surface area contributed by atoms with Crippen LogP contribution in [-0.2, 0) is 0 Å². The van der Waals surface area contributed by atoms with Crippen LogP contribution in [0.2, 0.25) is 0 Å². The van der Waals surface area contributed by atoms with Crippen molar-refractivity contribution in [2.45, 2.75) is 0 Å². The largest absolute Gasteiger partial charge is 0.453 e. The van der Waals surface area contributed by atoms with Gasteiger partial charge in [-0.1, -0.05) is 121 Å².